The lowest BCUT2D eigenvalue weighted by Crippen LogP contribution is -2.10. The molecule has 0 saturated carbocycles. The lowest BCUT2D eigenvalue weighted by Gasteiger charge is -2.09. The van der Waals surface area contributed by atoms with E-state index in [-0.39, 0.29) is 11.9 Å². The Balaban J connectivity index is 2.05. The molecule has 0 atom stereocenters. The number of hydrogen-bond donors (Lipinski definition) is 1. The third-order valence-corrected chi connectivity index (χ3v) is 2.72. The minimum absolute atomic E-state index is 0.222. The smallest absolute Gasteiger partial charge is 0.311 e. The first kappa shape index (κ1) is 15.0. The van der Waals surface area contributed by atoms with Crippen LogP contribution in [0.25, 0.3) is 0 Å². The van der Waals surface area contributed by atoms with E-state index in [1.54, 1.807) is 12.1 Å². The van der Waals surface area contributed by atoms with Crippen molar-refractivity contribution < 1.29 is 9.53 Å². The summed E-state index contributed by atoms with van der Waals surface area (Å²) >= 11 is 0. The number of benzene rings is 1. The number of nitrogens with one attached hydrogen (secondary N) is 1. The molecule has 5 nitrogen and oxygen atoms in total. The van der Waals surface area contributed by atoms with Gasteiger partial charge in [0.15, 0.2) is 0 Å². The maximum absolute atomic E-state index is 11.7. The summed E-state index contributed by atoms with van der Waals surface area (Å²) in [6, 6.07) is 9.09. The van der Waals surface area contributed by atoms with Crippen LogP contribution in [-0.2, 0) is 4.79 Å². The molecule has 0 saturated heterocycles. The summed E-state index contributed by atoms with van der Waals surface area (Å²) in [7, 11) is 0. The Morgan fingerprint density at radius 2 is 2.10 bits per heavy atom. The maximum atomic E-state index is 11.7. The van der Waals surface area contributed by atoms with Crippen molar-refractivity contribution in [2.45, 2.75) is 27.2 Å². The molecule has 21 heavy (non-hydrogen) atoms. The first-order valence-corrected chi connectivity index (χ1v) is 6.89. The minimum atomic E-state index is -0.222. The van der Waals surface area contributed by atoms with E-state index in [0.29, 0.717) is 18.0 Å². The number of aryl methyl sites for hydroxylation is 1. The maximum Gasteiger partial charge on any atom is 0.311 e. The van der Waals surface area contributed by atoms with Gasteiger partial charge >= 0.3 is 5.97 Å². The van der Waals surface area contributed by atoms with Crippen molar-refractivity contribution in [3.8, 4) is 5.75 Å². The van der Waals surface area contributed by atoms with E-state index in [9.17, 15) is 4.79 Å². The molecule has 2 rings (SSSR count). The number of carbonyl (C=O) groups excluding carboxylic acids is 1. The topological polar surface area (TPSA) is 64.1 Å². The Kier molecular flexibility index (Phi) is 4.87. The fourth-order valence-corrected chi connectivity index (χ4v) is 1.81. The molecule has 1 aromatic heterocycles. The third kappa shape index (κ3) is 4.87. The van der Waals surface area contributed by atoms with Crippen molar-refractivity contribution in [3.05, 3.63) is 42.4 Å². The lowest BCUT2D eigenvalue weighted by molar-refractivity contribution is -0.135. The number of ether oxygens (including phenoxy) is 1. The molecular weight excluding hydrogens is 266 g/mol. The molecule has 0 aliphatic heterocycles. The van der Waals surface area contributed by atoms with Crippen molar-refractivity contribution in [1.29, 1.82) is 0 Å². The molecule has 1 aromatic carbocycles. The van der Waals surface area contributed by atoms with E-state index in [0.717, 1.165) is 11.4 Å². The fourth-order valence-electron chi connectivity index (χ4n) is 1.81. The van der Waals surface area contributed by atoms with Gasteiger partial charge in [0.2, 0.25) is 0 Å². The number of esters is 1. The van der Waals surface area contributed by atoms with Gasteiger partial charge in [-0.15, -0.1) is 0 Å². The van der Waals surface area contributed by atoms with E-state index in [1.807, 2.05) is 39.0 Å². The molecule has 5 heteroatoms. The molecule has 2 aromatic rings. The number of anilines is 2. The highest BCUT2D eigenvalue weighted by Crippen LogP contribution is 2.21. The second kappa shape index (κ2) is 6.83. The summed E-state index contributed by atoms with van der Waals surface area (Å²) in [4.78, 5) is 19.9. The number of hydrogen-bond acceptors (Lipinski definition) is 5. The predicted molar refractivity (Wildman–Crippen MR) is 81.6 cm³/mol. The van der Waals surface area contributed by atoms with Crippen LogP contribution in [0.1, 0.15) is 26.0 Å². The number of rotatable bonds is 5. The predicted octanol–water partition coefficient (Wildman–Crippen LogP) is 3.48. The molecule has 0 radical (unpaired) electrons. The Morgan fingerprint density at radius 1 is 1.29 bits per heavy atom. The largest absolute Gasteiger partial charge is 0.426 e. The van der Waals surface area contributed by atoms with Crippen molar-refractivity contribution >= 4 is 17.5 Å². The molecule has 0 amide bonds. The van der Waals surface area contributed by atoms with Gasteiger partial charge in [-0.1, -0.05) is 19.9 Å². The van der Waals surface area contributed by atoms with Crippen LogP contribution in [0, 0.1) is 12.8 Å². The average Bonchev–Trinajstić information content (AvgIpc) is 2.37. The van der Waals surface area contributed by atoms with Gasteiger partial charge in [-0.25, -0.2) is 9.97 Å². The summed E-state index contributed by atoms with van der Waals surface area (Å²) in [5, 5.41) is 3.16. The minimum Gasteiger partial charge on any atom is -0.426 e. The normalized spacial score (nSPS) is 10.5. The van der Waals surface area contributed by atoms with E-state index in [1.165, 1.54) is 6.33 Å². The third-order valence-electron chi connectivity index (χ3n) is 2.72. The second-order valence-corrected chi connectivity index (χ2v) is 5.27. The van der Waals surface area contributed by atoms with Crippen LogP contribution in [0.4, 0.5) is 11.5 Å². The SMILES string of the molecule is Cc1cc(Nc2cccc(OC(=O)CC(C)C)c2)ncn1. The molecule has 0 aliphatic rings. The zero-order valence-electron chi connectivity index (χ0n) is 12.5. The van der Waals surface area contributed by atoms with Crippen molar-refractivity contribution in [2.24, 2.45) is 5.92 Å². The zero-order chi connectivity index (χ0) is 15.2. The summed E-state index contributed by atoms with van der Waals surface area (Å²) in [6.07, 6.45) is 1.91. The van der Waals surface area contributed by atoms with Crippen LogP contribution >= 0.6 is 0 Å². The van der Waals surface area contributed by atoms with E-state index >= 15 is 0 Å². The molecule has 110 valence electrons. The van der Waals surface area contributed by atoms with Crippen molar-refractivity contribution in [3.63, 3.8) is 0 Å². The van der Waals surface area contributed by atoms with E-state index in [4.69, 9.17) is 4.74 Å². The van der Waals surface area contributed by atoms with Crippen LogP contribution in [0.2, 0.25) is 0 Å². The van der Waals surface area contributed by atoms with Crippen LogP contribution in [0.15, 0.2) is 36.7 Å². The van der Waals surface area contributed by atoms with Crippen LogP contribution in [0.5, 0.6) is 5.75 Å². The Labute approximate surface area is 124 Å². The lowest BCUT2D eigenvalue weighted by atomic mass is 10.1. The Morgan fingerprint density at radius 3 is 2.81 bits per heavy atom. The van der Waals surface area contributed by atoms with E-state index in [2.05, 4.69) is 15.3 Å². The molecule has 0 bridgehead atoms. The summed E-state index contributed by atoms with van der Waals surface area (Å²) in [5.41, 5.74) is 1.69. The molecule has 1 N–H and O–H groups in total. The first-order valence-electron chi connectivity index (χ1n) is 6.89. The van der Waals surface area contributed by atoms with Crippen LogP contribution in [-0.4, -0.2) is 15.9 Å². The molecule has 0 spiro atoms. The van der Waals surface area contributed by atoms with Crippen LogP contribution in [0.3, 0.4) is 0 Å². The molecule has 1 heterocycles. The monoisotopic (exact) mass is 285 g/mol. The highest BCUT2D eigenvalue weighted by Gasteiger charge is 2.08. The van der Waals surface area contributed by atoms with Gasteiger partial charge in [-0.3, -0.25) is 4.79 Å². The molecule has 0 unspecified atom stereocenters. The first-order chi connectivity index (χ1) is 10.0. The van der Waals surface area contributed by atoms with Crippen molar-refractivity contribution in [2.75, 3.05) is 5.32 Å². The highest BCUT2D eigenvalue weighted by atomic mass is 16.5. The quantitative estimate of drug-likeness (QED) is 0.673. The van der Waals surface area contributed by atoms with Gasteiger partial charge in [0.05, 0.1) is 0 Å². The number of carbonyl (C=O) groups is 1. The van der Waals surface area contributed by atoms with Crippen molar-refractivity contribution in [1.82, 2.24) is 9.97 Å². The van der Waals surface area contributed by atoms with Crippen LogP contribution < -0.4 is 10.1 Å². The summed E-state index contributed by atoms with van der Waals surface area (Å²) in [6.45, 7) is 5.87. The standard InChI is InChI=1S/C16H19N3O2/c1-11(2)7-16(20)21-14-6-4-5-13(9-14)19-15-8-12(3)17-10-18-15/h4-6,8-11H,7H2,1-3H3,(H,17,18,19). The molecule has 0 aliphatic carbocycles. The number of aromatic nitrogens is 2. The van der Waals surface area contributed by atoms with Gasteiger partial charge in [0, 0.05) is 29.9 Å². The Bertz CT molecular complexity index is 626. The molecular formula is C16H19N3O2. The van der Waals surface area contributed by atoms with Gasteiger partial charge in [-0.05, 0) is 25.0 Å². The second-order valence-electron chi connectivity index (χ2n) is 5.27. The fraction of sp³-hybridized carbons (Fsp3) is 0.312. The average molecular weight is 285 g/mol. The van der Waals surface area contributed by atoms with Gasteiger partial charge in [0.25, 0.3) is 0 Å². The van der Waals surface area contributed by atoms with Gasteiger partial charge in [0.1, 0.15) is 17.9 Å². The highest BCUT2D eigenvalue weighted by molar-refractivity contribution is 5.73. The zero-order valence-corrected chi connectivity index (χ0v) is 12.5. The summed E-state index contributed by atoms with van der Waals surface area (Å²) in [5.74, 6) is 1.28. The van der Waals surface area contributed by atoms with Gasteiger partial charge < -0.3 is 10.1 Å². The Hall–Kier alpha value is -2.43. The number of nitrogens with zero attached hydrogens (tertiary/aromatic N) is 2. The summed E-state index contributed by atoms with van der Waals surface area (Å²) < 4.78 is 5.32. The van der Waals surface area contributed by atoms with Gasteiger partial charge in [-0.2, -0.15) is 0 Å². The van der Waals surface area contributed by atoms with E-state index < -0.39 is 0 Å². The molecule has 0 fully saturated rings.